The van der Waals surface area contributed by atoms with Gasteiger partial charge in [0, 0.05) is 13.7 Å². The van der Waals surface area contributed by atoms with Gasteiger partial charge in [-0.2, -0.15) is 0 Å². The predicted octanol–water partition coefficient (Wildman–Crippen LogP) is 2.12. The van der Waals surface area contributed by atoms with Gasteiger partial charge < -0.3 is 20.5 Å². The van der Waals surface area contributed by atoms with E-state index in [0.29, 0.717) is 25.0 Å². The number of carbonyl (C=O) groups is 1. The number of hydrogen-bond acceptors (Lipinski definition) is 4. The van der Waals surface area contributed by atoms with Crippen molar-refractivity contribution in [3.63, 3.8) is 0 Å². The van der Waals surface area contributed by atoms with Gasteiger partial charge in [-0.25, -0.2) is 0 Å². The molecule has 0 heterocycles. The molecular weight excluding hydrogens is 304 g/mol. The van der Waals surface area contributed by atoms with E-state index in [4.69, 9.17) is 15.2 Å². The largest absolute Gasteiger partial charge is 0.496 e. The molecule has 3 N–H and O–H groups in total. The molecule has 1 saturated carbocycles. The van der Waals surface area contributed by atoms with Crippen LogP contribution in [0.1, 0.15) is 43.2 Å². The van der Waals surface area contributed by atoms with Gasteiger partial charge in [0.05, 0.1) is 13.2 Å². The highest BCUT2D eigenvalue weighted by Crippen LogP contribution is 2.39. The van der Waals surface area contributed by atoms with Crippen LogP contribution >= 0.6 is 0 Å². The Labute approximate surface area is 143 Å². The highest BCUT2D eigenvalue weighted by Gasteiger charge is 2.43. The van der Waals surface area contributed by atoms with Crippen LogP contribution in [0.25, 0.3) is 0 Å². The molecule has 1 fully saturated rings. The third-order valence-corrected chi connectivity index (χ3v) is 5.69. The van der Waals surface area contributed by atoms with Gasteiger partial charge in [-0.05, 0) is 61.6 Å². The van der Waals surface area contributed by atoms with Crippen molar-refractivity contribution in [1.29, 1.82) is 0 Å². The molecule has 1 atom stereocenters. The first-order valence-corrected chi connectivity index (χ1v) is 8.85. The summed E-state index contributed by atoms with van der Waals surface area (Å²) in [6.07, 6.45) is 6.14. The molecule has 1 unspecified atom stereocenters. The van der Waals surface area contributed by atoms with E-state index < -0.39 is 5.54 Å². The third-order valence-electron chi connectivity index (χ3n) is 5.69. The molecule has 5 heteroatoms. The summed E-state index contributed by atoms with van der Waals surface area (Å²) >= 11 is 0. The Morgan fingerprint density at radius 3 is 2.71 bits per heavy atom. The average molecular weight is 332 g/mol. The van der Waals surface area contributed by atoms with E-state index in [0.717, 1.165) is 49.0 Å². The van der Waals surface area contributed by atoms with Crippen molar-refractivity contribution in [2.45, 2.75) is 50.2 Å². The van der Waals surface area contributed by atoms with Crippen molar-refractivity contribution in [3.8, 4) is 5.75 Å². The number of fused-ring (bicyclic) bond motifs is 1. The second-order valence-corrected chi connectivity index (χ2v) is 7.05. The summed E-state index contributed by atoms with van der Waals surface area (Å²) in [4.78, 5) is 12.8. The quantitative estimate of drug-likeness (QED) is 0.866. The van der Waals surface area contributed by atoms with Gasteiger partial charge in [-0.1, -0.05) is 12.1 Å². The molecule has 5 nitrogen and oxygen atoms in total. The van der Waals surface area contributed by atoms with E-state index in [1.807, 2.05) is 18.2 Å². The summed E-state index contributed by atoms with van der Waals surface area (Å²) in [5, 5.41) is 3.10. The summed E-state index contributed by atoms with van der Waals surface area (Å²) < 4.78 is 10.8. The Kier molecular flexibility index (Phi) is 5.11. The number of amides is 1. The Balaban J connectivity index is 1.62. The lowest BCUT2D eigenvalue weighted by Gasteiger charge is -2.30. The van der Waals surface area contributed by atoms with Crippen LogP contribution in [0.2, 0.25) is 0 Å². The summed E-state index contributed by atoms with van der Waals surface area (Å²) in [5.74, 6) is 1.28. The molecule has 2 aliphatic rings. The lowest BCUT2D eigenvalue weighted by Crippen LogP contribution is -2.51. The number of nitrogens with two attached hydrogens (primary N) is 1. The number of rotatable bonds is 5. The van der Waals surface area contributed by atoms with E-state index in [-0.39, 0.29) is 5.91 Å². The van der Waals surface area contributed by atoms with Gasteiger partial charge in [-0.15, -0.1) is 0 Å². The standard InChI is InChI=1S/C19H28N2O3/c1-23-14-8-6-13(7-9-14)12-21-18(22)19(20)11-10-15-16(19)4-3-5-17(15)24-2/h3-5,13-14H,6-12,20H2,1-2H3,(H,21,22). The SMILES string of the molecule is COc1cccc2c1CCC2(N)C(=O)NCC1CCC(OC)CC1. The van der Waals surface area contributed by atoms with Gasteiger partial charge >= 0.3 is 0 Å². The Morgan fingerprint density at radius 1 is 1.29 bits per heavy atom. The molecular formula is C19H28N2O3. The summed E-state index contributed by atoms with van der Waals surface area (Å²) in [6, 6.07) is 5.79. The minimum atomic E-state index is -0.937. The number of methoxy groups -OCH3 is 2. The van der Waals surface area contributed by atoms with Crippen LogP contribution in [0.4, 0.5) is 0 Å². The number of hydrogen-bond donors (Lipinski definition) is 2. The second kappa shape index (κ2) is 7.11. The third kappa shape index (κ3) is 3.15. The smallest absolute Gasteiger partial charge is 0.244 e. The summed E-state index contributed by atoms with van der Waals surface area (Å²) in [5.41, 5.74) is 7.55. The first-order valence-electron chi connectivity index (χ1n) is 8.85. The van der Waals surface area contributed by atoms with Crippen molar-refractivity contribution < 1.29 is 14.3 Å². The predicted molar refractivity (Wildman–Crippen MR) is 92.9 cm³/mol. The monoisotopic (exact) mass is 332 g/mol. The lowest BCUT2D eigenvalue weighted by molar-refractivity contribution is -0.126. The van der Waals surface area contributed by atoms with Gasteiger partial charge in [-0.3, -0.25) is 4.79 Å². The number of carbonyl (C=O) groups excluding carboxylic acids is 1. The molecule has 0 aliphatic heterocycles. The average Bonchev–Trinajstić information content (AvgIpc) is 2.98. The zero-order chi connectivity index (χ0) is 17.2. The Morgan fingerprint density at radius 2 is 2.04 bits per heavy atom. The molecule has 1 aromatic carbocycles. The number of ether oxygens (including phenoxy) is 2. The molecule has 0 bridgehead atoms. The first-order chi connectivity index (χ1) is 11.6. The van der Waals surface area contributed by atoms with Crippen molar-refractivity contribution in [1.82, 2.24) is 5.32 Å². The van der Waals surface area contributed by atoms with Crippen LogP contribution in [0.15, 0.2) is 18.2 Å². The van der Waals surface area contributed by atoms with Crippen LogP contribution in [0.3, 0.4) is 0 Å². The van der Waals surface area contributed by atoms with Crippen LogP contribution in [0.5, 0.6) is 5.75 Å². The summed E-state index contributed by atoms with van der Waals surface area (Å²) in [6.45, 7) is 0.702. The van der Waals surface area contributed by atoms with Crippen molar-refractivity contribution in [3.05, 3.63) is 29.3 Å². The summed E-state index contributed by atoms with van der Waals surface area (Å²) in [7, 11) is 3.43. The van der Waals surface area contributed by atoms with Gasteiger partial charge in [0.15, 0.2) is 0 Å². The van der Waals surface area contributed by atoms with E-state index in [1.165, 1.54) is 0 Å². The molecule has 2 aliphatic carbocycles. The topological polar surface area (TPSA) is 73.6 Å². The van der Waals surface area contributed by atoms with E-state index in [1.54, 1.807) is 14.2 Å². The van der Waals surface area contributed by atoms with Crippen LogP contribution in [-0.4, -0.2) is 32.8 Å². The van der Waals surface area contributed by atoms with Crippen molar-refractivity contribution in [2.75, 3.05) is 20.8 Å². The maximum atomic E-state index is 12.8. The molecule has 0 aromatic heterocycles. The number of benzene rings is 1. The molecule has 24 heavy (non-hydrogen) atoms. The molecule has 1 aromatic rings. The van der Waals surface area contributed by atoms with E-state index in [9.17, 15) is 4.79 Å². The van der Waals surface area contributed by atoms with E-state index >= 15 is 0 Å². The van der Waals surface area contributed by atoms with Gasteiger partial charge in [0.1, 0.15) is 11.3 Å². The zero-order valence-corrected chi connectivity index (χ0v) is 14.6. The van der Waals surface area contributed by atoms with Crippen LogP contribution < -0.4 is 15.8 Å². The highest BCUT2D eigenvalue weighted by atomic mass is 16.5. The molecule has 1 amide bonds. The van der Waals surface area contributed by atoms with E-state index in [2.05, 4.69) is 5.32 Å². The lowest BCUT2D eigenvalue weighted by atomic mass is 9.86. The van der Waals surface area contributed by atoms with Crippen molar-refractivity contribution >= 4 is 5.91 Å². The minimum absolute atomic E-state index is 0.0663. The fourth-order valence-corrected chi connectivity index (χ4v) is 4.09. The normalized spacial score (nSPS) is 29.1. The van der Waals surface area contributed by atoms with Crippen molar-refractivity contribution in [2.24, 2.45) is 11.7 Å². The Hall–Kier alpha value is -1.59. The molecule has 0 spiro atoms. The fraction of sp³-hybridized carbons (Fsp3) is 0.632. The van der Waals surface area contributed by atoms with Crippen LogP contribution in [0, 0.1) is 5.92 Å². The zero-order valence-electron chi connectivity index (χ0n) is 14.6. The highest BCUT2D eigenvalue weighted by molar-refractivity contribution is 5.89. The van der Waals surface area contributed by atoms with Gasteiger partial charge in [0.25, 0.3) is 0 Å². The minimum Gasteiger partial charge on any atom is -0.496 e. The van der Waals surface area contributed by atoms with Gasteiger partial charge in [0.2, 0.25) is 5.91 Å². The molecule has 0 radical (unpaired) electrons. The first kappa shape index (κ1) is 17.2. The maximum Gasteiger partial charge on any atom is 0.244 e. The molecule has 3 rings (SSSR count). The molecule has 0 saturated heterocycles. The number of nitrogens with one attached hydrogen (secondary N) is 1. The maximum absolute atomic E-state index is 12.8. The second-order valence-electron chi connectivity index (χ2n) is 7.05. The van der Waals surface area contributed by atoms with Crippen LogP contribution in [-0.2, 0) is 21.5 Å². The molecule has 132 valence electrons. The fourth-order valence-electron chi connectivity index (χ4n) is 4.09. The Bertz CT molecular complexity index is 596.